The van der Waals surface area contributed by atoms with Crippen LogP contribution >= 0.6 is 0 Å². The fourth-order valence-electron chi connectivity index (χ4n) is 1.72. The third-order valence-corrected chi connectivity index (χ3v) is 2.62. The van der Waals surface area contributed by atoms with E-state index in [4.69, 9.17) is 5.73 Å². The van der Waals surface area contributed by atoms with Gasteiger partial charge in [0.2, 0.25) is 0 Å². The van der Waals surface area contributed by atoms with Gasteiger partial charge in [-0.3, -0.25) is 4.98 Å². The SMILES string of the molecule is Cc1nc(N(C)CCc2ccccn2)c(N)[nH]1. The van der Waals surface area contributed by atoms with Crippen molar-refractivity contribution in [3.63, 3.8) is 0 Å². The lowest BCUT2D eigenvalue weighted by molar-refractivity contribution is 0.842. The van der Waals surface area contributed by atoms with Crippen molar-refractivity contribution in [1.29, 1.82) is 0 Å². The number of anilines is 2. The third kappa shape index (κ3) is 2.75. The number of rotatable bonds is 4. The summed E-state index contributed by atoms with van der Waals surface area (Å²) in [6.07, 6.45) is 2.69. The van der Waals surface area contributed by atoms with Gasteiger partial charge in [-0.15, -0.1) is 0 Å². The number of nitrogens with zero attached hydrogens (tertiary/aromatic N) is 3. The number of pyridine rings is 1. The maximum absolute atomic E-state index is 5.84. The van der Waals surface area contributed by atoms with Crippen molar-refractivity contribution >= 4 is 11.6 Å². The van der Waals surface area contributed by atoms with Crippen LogP contribution in [0.5, 0.6) is 0 Å². The third-order valence-electron chi connectivity index (χ3n) is 2.62. The highest BCUT2D eigenvalue weighted by Crippen LogP contribution is 2.18. The second kappa shape index (κ2) is 4.86. The smallest absolute Gasteiger partial charge is 0.171 e. The average Bonchev–Trinajstić information content (AvgIpc) is 2.67. The van der Waals surface area contributed by atoms with E-state index in [0.29, 0.717) is 5.82 Å². The van der Waals surface area contributed by atoms with Gasteiger partial charge in [0.1, 0.15) is 11.6 Å². The zero-order valence-corrected chi connectivity index (χ0v) is 10.1. The minimum atomic E-state index is 0.617. The zero-order valence-electron chi connectivity index (χ0n) is 10.1. The van der Waals surface area contributed by atoms with Gasteiger partial charge in [0.25, 0.3) is 0 Å². The molecule has 0 bridgehead atoms. The van der Waals surface area contributed by atoms with Crippen LogP contribution in [0.4, 0.5) is 11.6 Å². The second-order valence-electron chi connectivity index (χ2n) is 4.05. The van der Waals surface area contributed by atoms with E-state index in [0.717, 1.165) is 30.3 Å². The number of imidazole rings is 1. The first-order valence-electron chi connectivity index (χ1n) is 5.60. The molecule has 2 aromatic rings. The molecule has 0 fully saturated rings. The van der Waals surface area contributed by atoms with Crippen molar-refractivity contribution in [3.05, 3.63) is 35.9 Å². The van der Waals surface area contributed by atoms with Gasteiger partial charge in [-0.2, -0.15) is 0 Å². The Morgan fingerprint density at radius 3 is 2.82 bits per heavy atom. The van der Waals surface area contributed by atoms with E-state index in [9.17, 15) is 0 Å². The fourth-order valence-corrected chi connectivity index (χ4v) is 1.72. The molecule has 2 aromatic heterocycles. The first kappa shape index (κ1) is 11.4. The van der Waals surface area contributed by atoms with Gasteiger partial charge in [0.05, 0.1) is 0 Å². The van der Waals surface area contributed by atoms with Crippen LogP contribution in [0.3, 0.4) is 0 Å². The van der Waals surface area contributed by atoms with E-state index >= 15 is 0 Å². The number of likely N-dealkylation sites (N-methyl/N-ethyl adjacent to an activating group) is 1. The van der Waals surface area contributed by atoms with Gasteiger partial charge < -0.3 is 15.6 Å². The molecule has 2 rings (SSSR count). The summed E-state index contributed by atoms with van der Waals surface area (Å²) in [7, 11) is 1.98. The number of H-pyrrole nitrogens is 1. The summed E-state index contributed by atoms with van der Waals surface area (Å²) in [6.45, 7) is 2.73. The molecule has 90 valence electrons. The molecule has 2 heterocycles. The second-order valence-corrected chi connectivity index (χ2v) is 4.05. The minimum Gasteiger partial charge on any atom is -0.382 e. The molecule has 0 saturated heterocycles. The lowest BCUT2D eigenvalue weighted by Crippen LogP contribution is -2.22. The Kier molecular flexibility index (Phi) is 3.27. The monoisotopic (exact) mass is 231 g/mol. The van der Waals surface area contributed by atoms with Gasteiger partial charge >= 0.3 is 0 Å². The van der Waals surface area contributed by atoms with Crippen LogP contribution in [0.2, 0.25) is 0 Å². The normalized spacial score (nSPS) is 10.5. The summed E-state index contributed by atoms with van der Waals surface area (Å²) >= 11 is 0. The molecule has 0 aliphatic rings. The van der Waals surface area contributed by atoms with Crippen molar-refractivity contribution in [1.82, 2.24) is 15.0 Å². The zero-order chi connectivity index (χ0) is 12.3. The highest BCUT2D eigenvalue weighted by atomic mass is 15.2. The van der Waals surface area contributed by atoms with Crippen LogP contribution in [0, 0.1) is 6.92 Å². The van der Waals surface area contributed by atoms with Crippen LogP contribution < -0.4 is 10.6 Å². The molecule has 0 aromatic carbocycles. The molecule has 17 heavy (non-hydrogen) atoms. The molecule has 0 aliphatic heterocycles. The topological polar surface area (TPSA) is 70.8 Å². The average molecular weight is 231 g/mol. The number of nitrogens with one attached hydrogen (secondary N) is 1. The van der Waals surface area contributed by atoms with E-state index in [1.165, 1.54) is 0 Å². The van der Waals surface area contributed by atoms with Crippen molar-refractivity contribution in [2.75, 3.05) is 24.2 Å². The highest BCUT2D eigenvalue weighted by Gasteiger charge is 2.09. The van der Waals surface area contributed by atoms with Gasteiger partial charge in [-0.05, 0) is 19.1 Å². The van der Waals surface area contributed by atoms with Gasteiger partial charge in [0.15, 0.2) is 5.82 Å². The van der Waals surface area contributed by atoms with Gasteiger partial charge in [-0.1, -0.05) is 6.07 Å². The Morgan fingerprint density at radius 1 is 1.41 bits per heavy atom. The van der Waals surface area contributed by atoms with Gasteiger partial charge in [0, 0.05) is 31.9 Å². The predicted molar refractivity (Wildman–Crippen MR) is 68.9 cm³/mol. The van der Waals surface area contributed by atoms with Crippen molar-refractivity contribution < 1.29 is 0 Å². The number of nitrogen functional groups attached to an aromatic ring is 1. The first-order valence-corrected chi connectivity index (χ1v) is 5.60. The van der Waals surface area contributed by atoms with Crippen LogP contribution in [-0.4, -0.2) is 28.5 Å². The maximum Gasteiger partial charge on any atom is 0.171 e. The van der Waals surface area contributed by atoms with E-state index in [1.54, 1.807) is 0 Å². The summed E-state index contributed by atoms with van der Waals surface area (Å²) in [5, 5.41) is 0. The number of aromatic nitrogens is 3. The molecule has 0 atom stereocenters. The molecule has 5 heteroatoms. The quantitative estimate of drug-likeness (QED) is 0.833. The lowest BCUT2D eigenvalue weighted by Gasteiger charge is -2.16. The van der Waals surface area contributed by atoms with E-state index in [-0.39, 0.29) is 0 Å². The Hall–Kier alpha value is -2.04. The fraction of sp³-hybridized carbons (Fsp3) is 0.333. The van der Waals surface area contributed by atoms with E-state index in [1.807, 2.05) is 43.3 Å². The lowest BCUT2D eigenvalue weighted by atomic mass is 10.2. The Balaban J connectivity index is 1.98. The summed E-state index contributed by atoms with van der Waals surface area (Å²) in [5.41, 5.74) is 6.91. The Morgan fingerprint density at radius 2 is 2.24 bits per heavy atom. The molecule has 3 N–H and O–H groups in total. The summed E-state index contributed by atoms with van der Waals surface area (Å²) < 4.78 is 0. The molecule has 0 spiro atoms. The molecule has 0 unspecified atom stereocenters. The molecule has 0 radical (unpaired) electrons. The molecular formula is C12H17N5. The van der Waals surface area contributed by atoms with E-state index < -0.39 is 0 Å². The first-order chi connectivity index (χ1) is 8.16. The standard InChI is InChI=1S/C12H17N5/c1-9-15-11(13)12(16-9)17(2)8-6-10-5-3-4-7-14-10/h3-5,7H,6,8,13H2,1-2H3,(H,15,16). The van der Waals surface area contributed by atoms with Crippen molar-refractivity contribution in [3.8, 4) is 0 Å². The van der Waals surface area contributed by atoms with Crippen molar-refractivity contribution in [2.24, 2.45) is 0 Å². The number of hydrogen-bond donors (Lipinski definition) is 2. The minimum absolute atomic E-state index is 0.617. The predicted octanol–water partition coefficient (Wildman–Crippen LogP) is 1.37. The summed E-state index contributed by atoms with van der Waals surface area (Å²) in [6, 6.07) is 5.94. The number of aryl methyl sites for hydroxylation is 1. The van der Waals surface area contributed by atoms with Crippen LogP contribution in [0.25, 0.3) is 0 Å². The van der Waals surface area contributed by atoms with E-state index in [2.05, 4.69) is 15.0 Å². The van der Waals surface area contributed by atoms with Crippen LogP contribution in [-0.2, 0) is 6.42 Å². The summed E-state index contributed by atoms with van der Waals surface area (Å²) in [5.74, 6) is 2.26. The van der Waals surface area contributed by atoms with Crippen LogP contribution in [0.15, 0.2) is 24.4 Å². The Bertz CT molecular complexity index is 477. The van der Waals surface area contributed by atoms with Crippen molar-refractivity contribution in [2.45, 2.75) is 13.3 Å². The molecule has 5 nitrogen and oxygen atoms in total. The number of nitrogens with two attached hydrogens (primary N) is 1. The molecule has 0 aliphatic carbocycles. The van der Waals surface area contributed by atoms with Crippen LogP contribution in [0.1, 0.15) is 11.5 Å². The van der Waals surface area contributed by atoms with Gasteiger partial charge in [-0.25, -0.2) is 4.98 Å². The number of aromatic amines is 1. The largest absolute Gasteiger partial charge is 0.382 e. The molecule has 0 amide bonds. The Labute approximate surface area is 101 Å². The number of hydrogen-bond acceptors (Lipinski definition) is 4. The summed E-state index contributed by atoms with van der Waals surface area (Å²) in [4.78, 5) is 13.7. The molecular weight excluding hydrogens is 214 g/mol. The molecule has 0 saturated carbocycles. The maximum atomic E-state index is 5.84. The highest BCUT2D eigenvalue weighted by molar-refractivity contribution is 5.58.